The third kappa shape index (κ3) is 2.75. The van der Waals surface area contributed by atoms with Gasteiger partial charge in [-0.05, 0) is 12.1 Å². The Labute approximate surface area is 92.3 Å². The van der Waals surface area contributed by atoms with Crippen LogP contribution in [0.4, 0.5) is 5.69 Å². The van der Waals surface area contributed by atoms with Gasteiger partial charge in [0, 0.05) is 0 Å². The fraction of sp³-hybridized carbons (Fsp3) is 0.333. The fourth-order valence-corrected chi connectivity index (χ4v) is 1.34. The Morgan fingerprint density at radius 3 is 2.43 bits per heavy atom. The molecule has 0 aliphatic rings. The molecule has 0 aliphatic carbocycles. The lowest BCUT2D eigenvalue weighted by molar-refractivity contribution is 0.204. The molecule has 0 amide bonds. The van der Waals surface area contributed by atoms with Crippen LogP contribution in [0, 0.1) is 0 Å². The van der Waals surface area contributed by atoms with E-state index in [9.17, 15) is 0 Å². The maximum Gasteiger partial charge on any atom is 0.0823 e. The van der Waals surface area contributed by atoms with Crippen LogP contribution in [0.3, 0.4) is 0 Å². The molecular formula is C9H11Cl2NO2. The van der Waals surface area contributed by atoms with Crippen LogP contribution in [-0.2, 0) is 0 Å². The van der Waals surface area contributed by atoms with Crippen molar-refractivity contribution in [2.45, 2.75) is 6.04 Å². The molecule has 78 valence electrons. The first kappa shape index (κ1) is 11.6. The van der Waals surface area contributed by atoms with Gasteiger partial charge in [0.2, 0.25) is 0 Å². The van der Waals surface area contributed by atoms with E-state index in [-0.39, 0.29) is 13.2 Å². The second-order valence-corrected chi connectivity index (χ2v) is 3.59. The number of aliphatic hydroxyl groups is 2. The molecule has 0 saturated carbocycles. The summed E-state index contributed by atoms with van der Waals surface area (Å²) in [4.78, 5) is 0. The average molecular weight is 236 g/mol. The molecule has 5 heteroatoms. The molecule has 3 nitrogen and oxygen atoms in total. The monoisotopic (exact) mass is 235 g/mol. The largest absolute Gasteiger partial charge is 0.394 e. The molecule has 0 aliphatic heterocycles. The summed E-state index contributed by atoms with van der Waals surface area (Å²) in [5.74, 6) is 0. The van der Waals surface area contributed by atoms with Crippen molar-refractivity contribution in [3.8, 4) is 0 Å². The first-order chi connectivity index (χ1) is 6.69. The van der Waals surface area contributed by atoms with Gasteiger partial charge in [0.05, 0.1) is 35.0 Å². The van der Waals surface area contributed by atoms with E-state index in [4.69, 9.17) is 33.4 Å². The molecule has 1 aromatic rings. The van der Waals surface area contributed by atoms with Gasteiger partial charge in [-0.1, -0.05) is 29.3 Å². The molecule has 0 saturated heterocycles. The quantitative estimate of drug-likeness (QED) is 0.746. The van der Waals surface area contributed by atoms with E-state index >= 15 is 0 Å². The van der Waals surface area contributed by atoms with E-state index in [0.717, 1.165) is 0 Å². The number of hydrogen-bond donors (Lipinski definition) is 3. The molecule has 0 aromatic heterocycles. The number of benzene rings is 1. The summed E-state index contributed by atoms with van der Waals surface area (Å²) in [6.07, 6.45) is 0. The Morgan fingerprint density at radius 1 is 1.21 bits per heavy atom. The van der Waals surface area contributed by atoms with Crippen molar-refractivity contribution in [3.63, 3.8) is 0 Å². The molecule has 0 radical (unpaired) electrons. The first-order valence-electron chi connectivity index (χ1n) is 4.11. The zero-order valence-electron chi connectivity index (χ0n) is 7.37. The molecular weight excluding hydrogens is 225 g/mol. The van der Waals surface area contributed by atoms with Crippen molar-refractivity contribution in [3.05, 3.63) is 28.2 Å². The average Bonchev–Trinajstić information content (AvgIpc) is 2.20. The van der Waals surface area contributed by atoms with Crippen LogP contribution in [0.2, 0.25) is 10.0 Å². The van der Waals surface area contributed by atoms with Gasteiger partial charge < -0.3 is 15.5 Å². The number of hydrogen-bond acceptors (Lipinski definition) is 3. The fourth-order valence-electron chi connectivity index (χ4n) is 0.984. The summed E-state index contributed by atoms with van der Waals surface area (Å²) in [7, 11) is 0. The Balaban J connectivity index is 2.80. The van der Waals surface area contributed by atoms with Gasteiger partial charge in [-0.3, -0.25) is 0 Å². The number of nitrogens with one attached hydrogen (secondary N) is 1. The molecule has 0 atom stereocenters. The molecule has 0 heterocycles. The molecule has 0 fully saturated rings. The Kier molecular flexibility index (Phi) is 4.48. The van der Waals surface area contributed by atoms with Crippen LogP contribution >= 0.6 is 23.2 Å². The van der Waals surface area contributed by atoms with Crippen molar-refractivity contribution in [1.82, 2.24) is 0 Å². The number of anilines is 1. The van der Waals surface area contributed by atoms with Crippen molar-refractivity contribution < 1.29 is 10.2 Å². The maximum atomic E-state index is 8.85. The van der Waals surface area contributed by atoms with E-state index in [1.165, 1.54) is 0 Å². The van der Waals surface area contributed by atoms with Crippen LogP contribution in [0.15, 0.2) is 18.2 Å². The summed E-state index contributed by atoms with van der Waals surface area (Å²) in [5, 5.41) is 21.4. The van der Waals surface area contributed by atoms with Crippen molar-refractivity contribution in [1.29, 1.82) is 0 Å². The summed E-state index contributed by atoms with van der Waals surface area (Å²) in [6, 6.07) is 4.71. The van der Waals surface area contributed by atoms with Gasteiger partial charge in [0.25, 0.3) is 0 Å². The lowest BCUT2D eigenvalue weighted by atomic mass is 10.2. The molecule has 0 unspecified atom stereocenters. The van der Waals surface area contributed by atoms with E-state index in [0.29, 0.717) is 15.7 Å². The van der Waals surface area contributed by atoms with Gasteiger partial charge >= 0.3 is 0 Å². The molecule has 1 aromatic carbocycles. The standard InChI is InChI=1S/C9H11Cl2NO2/c10-7-2-1-3-8(9(7)11)12-6(4-13)5-14/h1-3,6,12-14H,4-5H2. The Bertz CT molecular complexity index is 303. The highest BCUT2D eigenvalue weighted by molar-refractivity contribution is 6.43. The third-order valence-electron chi connectivity index (χ3n) is 1.75. The second kappa shape index (κ2) is 5.41. The maximum absolute atomic E-state index is 8.85. The molecule has 0 spiro atoms. The second-order valence-electron chi connectivity index (χ2n) is 2.81. The van der Waals surface area contributed by atoms with Gasteiger partial charge in [-0.15, -0.1) is 0 Å². The minimum absolute atomic E-state index is 0.167. The lowest BCUT2D eigenvalue weighted by Crippen LogP contribution is -2.27. The number of halogens is 2. The number of aliphatic hydroxyl groups excluding tert-OH is 2. The van der Waals surface area contributed by atoms with Crippen LogP contribution in [0.1, 0.15) is 0 Å². The Morgan fingerprint density at radius 2 is 1.86 bits per heavy atom. The highest BCUT2D eigenvalue weighted by atomic mass is 35.5. The van der Waals surface area contributed by atoms with E-state index < -0.39 is 6.04 Å². The predicted molar refractivity (Wildman–Crippen MR) is 58.0 cm³/mol. The summed E-state index contributed by atoms with van der Waals surface area (Å²) in [6.45, 7) is -0.335. The van der Waals surface area contributed by atoms with Gasteiger partial charge in [-0.25, -0.2) is 0 Å². The zero-order valence-corrected chi connectivity index (χ0v) is 8.89. The minimum Gasteiger partial charge on any atom is -0.394 e. The third-order valence-corrected chi connectivity index (χ3v) is 2.57. The topological polar surface area (TPSA) is 52.5 Å². The molecule has 3 N–H and O–H groups in total. The van der Waals surface area contributed by atoms with Gasteiger partial charge in [0.15, 0.2) is 0 Å². The van der Waals surface area contributed by atoms with Crippen LogP contribution < -0.4 is 5.32 Å². The SMILES string of the molecule is OCC(CO)Nc1cccc(Cl)c1Cl. The summed E-state index contributed by atoms with van der Waals surface area (Å²) < 4.78 is 0. The normalized spacial score (nSPS) is 10.6. The van der Waals surface area contributed by atoms with Crippen LogP contribution in [0.25, 0.3) is 0 Å². The van der Waals surface area contributed by atoms with Crippen molar-refractivity contribution >= 4 is 28.9 Å². The summed E-state index contributed by atoms with van der Waals surface area (Å²) in [5.41, 5.74) is 0.604. The van der Waals surface area contributed by atoms with Gasteiger partial charge in [0.1, 0.15) is 0 Å². The predicted octanol–water partition coefficient (Wildman–Crippen LogP) is 1.76. The van der Waals surface area contributed by atoms with Crippen molar-refractivity contribution in [2.75, 3.05) is 18.5 Å². The van der Waals surface area contributed by atoms with E-state index in [1.54, 1.807) is 18.2 Å². The van der Waals surface area contributed by atoms with E-state index in [2.05, 4.69) is 5.32 Å². The van der Waals surface area contributed by atoms with Crippen LogP contribution in [-0.4, -0.2) is 29.5 Å². The van der Waals surface area contributed by atoms with Crippen molar-refractivity contribution in [2.24, 2.45) is 0 Å². The first-order valence-corrected chi connectivity index (χ1v) is 4.87. The molecule has 14 heavy (non-hydrogen) atoms. The van der Waals surface area contributed by atoms with E-state index in [1.807, 2.05) is 0 Å². The number of rotatable bonds is 4. The van der Waals surface area contributed by atoms with Crippen LogP contribution in [0.5, 0.6) is 0 Å². The Hall–Kier alpha value is -0.480. The minimum atomic E-state index is -0.425. The molecule has 0 bridgehead atoms. The highest BCUT2D eigenvalue weighted by Crippen LogP contribution is 2.29. The zero-order chi connectivity index (χ0) is 10.6. The van der Waals surface area contributed by atoms with Gasteiger partial charge in [-0.2, -0.15) is 0 Å². The summed E-state index contributed by atoms with van der Waals surface area (Å²) >= 11 is 11.7. The smallest absolute Gasteiger partial charge is 0.0823 e. The molecule has 1 rings (SSSR count). The highest BCUT2D eigenvalue weighted by Gasteiger charge is 2.09. The lowest BCUT2D eigenvalue weighted by Gasteiger charge is -2.16.